The molecule has 5 nitrogen and oxygen atoms in total. The molecule has 0 unspecified atom stereocenters. The maximum absolute atomic E-state index is 12.0. The van der Waals surface area contributed by atoms with Crippen LogP contribution in [0.3, 0.4) is 0 Å². The van der Waals surface area contributed by atoms with E-state index in [0.717, 1.165) is 20.0 Å². The number of hydrogen-bond donors (Lipinski definition) is 2. The predicted octanol–water partition coefficient (Wildman–Crippen LogP) is 2.34. The van der Waals surface area contributed by atoms with Gasteiger partial charge in [0.05, 0.1) is 9.48 Å². The van der Waals surface area contributed by atoms with E-state index in [0.29, 0.717) is 5.69 Å². The topological polar surface area (TPSA) is 85.1 Å². The molecular weight excluding hydrogens is 358 g/mol. The van der Waals surface area contributed by atoms with Crippen LogP contribution in [0, 0.1) is 6.92 Å². The molecule has 2 heterocycles. The minimum absolute atomic E-state index is 0.177. The molecular formula is C9H10BrN3O2S3. The number of aromatic nitrogens is 1. The highest BCUT2D eigenvalue weighted by Gasteiger charge is 2.20. The van der Waals surface area contributed by atoms with Crippen LogP contribution in [0.5, 0.6) is 0 Å². The highest BCUT2D eigenvalue weighted by atomic mass is 79.9. The quantitative estimate of drug-likeness (QED) is 0.868. The Morgan fingerprint density at radius 1 is 1.44 bits per heavy atom. The van der Waals surface area contributed by atoms with Gasteiger partial charge in [0.2, 0.25) is 0 Å². The van der Waals surface area contributed by atoms with Crippen LogP contribution in [0.15, 0.2) is 20.1 Å². The average molecular weight is 368 g/mol. The van der Waals surface area contributed by atoms with Crippen molar-refractivity contribution in [3.63, 3.8) is 0 Å². The van der Waals surface area contributed by atoms with Gasteiger partial charge in [-0.3, -0.25) is 0 Å². The maximum Gasteiger partial charge on any atom is 0.252 e. The lowest BCUT2D eigenvalue weighted by atomic mass is 10.5. The first kappa shape index (κ1) is 13.9. The average Bonchev–Trinajstić information content (AvgIpc) is 2.82. The van der Waals surface area contributed by atoms with Gasteiger partial charge in [-0.15, -0.1) is 11.3 Å². The molecule has 0 amide bonds. The van der Waals surface area contributed by atoms with Crippen molar-refractivity contribution in [3.8, 4) is 0 Å². The Bertz CT molecular complexity index is 662. The minimum Gasteiger partial charge on any atom is -0.375 e. The molecule has 2 aromatic rings. The number of nitrogens with two attached hydrogens (primary N) is 1. The molecule has 0 aliphatic rings. The number of halogens is 1. The molecule has 0 bridgehead atoms. The molecule has 3 N–H and O–H groups in total. The third kappa shape index (κ3) is 3.09. The molecule has 0 fully saturated rings. The van der Waals surface area contributed by atoms with Gasteiger partial charge in [-0.05, 0) is 35.0 Å². The lowest BCUT2D eigenvalue weighted by Gasteiger charge is -2.03. The Balaban J connectivity index is 2.15. The van der Waals surface area contributed by atoms with E-state index in [4.69, 9.17) is 5.73 Å². The number of nitrogens with zero attached hydrogens (tertiary/aromatic N) is 1. The van der Waals surface area contributed by atoms with E-state index in [1.807, 2.05) is 12.1 Å². The monoisotopic (exact) mass is 367 g/mol. The van der Waals surface area contributed by atoms with Crippen molar-refractivity contribution >= 4 is 53.8 Å². The van der Waals surface area contributed by atoms with E-state index in [1.54, 1.807) is 6.92 Å². The molecule has 0 spiro atoms. The third-order valence-electron chi connectivity index (χ3n) is 2.08. The molecule has 9 heteroatoms. The summed E-state index contributed by atoms with van der Waals surface area (Å²) in [5.74, 6) is 0. The smallest absolute Gasteiger partial charge is 0.252 e. The Hall–Kier alpha value is -0.480. The molecule has 2 aromatic heterocycles. The molecule has 0 saturated carbocycles. The van der Waals surface area contributed by atoms with E-state index in [-0.39, 0.29) is 15.9 Å². The van der Waals surface area contributed by atoms with Gasteiger partial charge < -0.3 is 5.73 Å². The molecule has 0 aliphatic carbocycles. The summed E-state index contributed by atoms with van der Waals surface area (Å²) in [4.78, 5) is 4.84. The van der Waals surface area contributed by atoms with Gasteiger partial charge in [0.1, 0.15) is 0 Å². The van der Waals surface area contributed by atoms with Crippen molar-refractivity contribution in [2.24, 2.45) is 0 Å². The molecule has 2 rings (SSSR count). The highest BCUT2D eigenvalue weighted by Crippen LogP contribution is 2.26. The normalized spacial score (nSPS) is 11.9. The van der Waals surface area contributed by atoms with Gasteiger partial charge in [-0.2, -0.15) is 0 Å². The summed E-state index contributed by atoms with van der Waals surface area (Å²) in [5.41, 5.74) is 5.93. The number of thiazole rings is 1. The van der Waals surface area contributed by atoms with Crippen LogP contribution in [0.2, 0.25) is 0 Å². The van der Waals surface area contributed by atoms with Gasteiger partial charge >= 0.3 is 0 Å². The molecule has 98 valence electrons. The van der Waals surface area contributed by atoms with E-state index >= 15 is 0 Å². The summed E-state index contributed by atoms with van der Waals surface area (Å²) in [5, 5.41) is 0.256. The van der Waals surface area contributed by atoms with Crippen LogP contribution in [-0.4, -0.2) is 13.4 Å². The van der Waals surface area contributed by atoms with Crippen molar-refractivity contribution in [1.82, 2.24) is 9.71 Å². The summed E-state index contributed by atoms with van der Waals surface area (Å²) in [7, 11) is -3.54. The lowest BCUT2D eigenvalue weighted by molar-refractivity contribution is 0.583. The zero-order valence-electron chi connectivity index (χ0n) is 9.31. The summed E-state index contributed by atoms with van der Waals surface area (Å²) in [6.07, 6.45) is 0. The first-order valence-electron chi connectivity index (χ1n) is 4.85. The van der Waals surface area contributed by atoms with E-state index < -0.39 is 10.0 Å². The van der Waals surface area contributed by atoms with Crippen LogP contribution in [0.4, 0.5) is 5.13 Å². The highest BCUT2D eigenvalue weighted by molar-refractivity contribution is 9.11. The third-order valence-corrected chi connectivity index (χ3v) is 6.70. The summed E-state index contributed by atoms with van der Waals surface area (Å²) < 4.78 is 27.8. The van der Waals surface area contributed by atoms with E-state index in [1.165, 1.54) is 11.3 Å². The van der Waals surface area contributed by atoms with Gasteiger partial charge in [0.15, 0.2) is 9.34 Å². The second kappa shape index (κ2) is 5.25. The largest absolute Gasteiger partial charge is 0.375 e. The lowest BCUT2D eigenvalue weighted by Crippen LogP contribution is -2.22. The van der Waals surface area contributed by atoms with E-state index in [9.17, 15) is 8.42 Å². The molecule has 18 heavy (non-hydrogen) atoms. The molecule has 0 saturated heterocycles. The summed E-state index contributed by atoms with van der Waals surface area (Å²) in [6, 6.07) is 3.75. The predicted molar refractivity (Wildman–Crippen MR) is 77.3 cm³/mol. The fourth-order valence-corrected chi connectivity index (χ4v) is 5.19. The van der Waals surface area contributed by atoms with Gasteiger partial charge in [-0.1, -0.05) is 11.3 Å². The molecule has 0 aliphatic heterocycles. The van der Waals surface area contributed by atoms with Crippen LogP contribution in [-0.2, 0) is 16.6 Å². The fourth-order valence-electron chi connectivity index (χ4n) is 1.33. The SMILES string of the molecule is Cc1nc(N)sc1S(=O)(=O)NCc1ccc(Br)s1. The maximum atomic E-state index is 12.0. The number of rotatable bonds is 4. The van der Waals surface area contributed by atoms with E-state index in [2.05, 4.69) is 25.6 Å². The first-order valence-corrected chi connectivity index (χ1v) is 8.76. The molecule has 0 radical (unpaired) electrons. The zero-order chi connectivity index (χ0) is 13.3. The summed E-state index contributed by atoms with van der Waals surface area (Å²) in [6.45, 7) is 1.89. The van der Waals surface area contributed by atoms with Crippen molar-refractivity contribution in [2.75, 3.05) is 5.73 Å². The van der Waals surface area contributed by atoms with Crippen LogP contribution < -0.4 is 10.5 Å². The minimum atomic E-state index is -3.54. The second-order valence-corrected chi connectivity index (χ2v) is 9.00. The number of sulfonamides is 1. The van der Waals surface area contributed by atoms with Gasteiger partial charge in [0.25, 0.3) is 10.0 Å². The number of nitrogens with one attached hydrogen (secondary N) is 1. The van der Waals surface area contributed by atoms with Crippen LogP contribution >= 0.6 is 38.6 Å². The summed E-state index contributed by atoms with van der Waals surface area (Å²) >= 11 is 5.79. The van der Waals surface area contributed by atoms with Crippen molar-refractivity contribution < 1.29 is 8.42 Å². The van der Waals surface area contributed by atoms with Gasteiger partial charge in [0, 0.05) is 11.4 Å². The van der Waals surface area contributed by atoms with Crippen molar-refractivity contribution in [3.05, 3.63) is 26.5 Å². The fraction of sp³-hybridized carbons (Fsp3) is 0.222. The van der Waals surface area contributed by atoms with Crippen LogP contribution in [0.25, 0.3) is 0 Å². The Labute approximate surface area is 121 Å². The Kier molecular flexibility index (Phi) is 4.07. The van der Waals surface area contributed by atoms with Crippen LogP contribution in [0.1, 0.15) is 10.6 Å². The molecule has 0 aromatic carbocycles. The van der Waals surface area contributed by atoms with Crippen molar-refractivity contribution in [1.29, 1.82) is 0 Å². The Morgan fingerprint density at radius 3 is 2.67 bits per heavy atom. The standard InChI is InChI=1S/C9H10BrN3O2S3/c1-5-8(17-9(11)13-5)18(14,15)12-4-6-2-3-7(10)16-6/h2-3,12H,4H2,1H3,(H2,11,13). The number of thiophene rings is 1. The number of nitrogen functional groups attached to an aromatic ring is 1. The zero-order valence-corrected chi connectivity index (χ0v) is 13.3. The molecule has 0 atom stereocenters. The Morgan fingerprint density at radius 2 is 2.17 bits per heavy atom. The number of anilines is 1. The first-order chi connectivity index (χ1) is 8.38. The van der Waals surface area contributed by atoms with Crippen molar-refractivity contribution in [2.45, 2.75) is 17.7 Å². The second-order valence-electron chi connectivity index (χ2n) is 3.46. The van der Waals surface area contributed by atoms with Gasteiger partial charge in [-0.25, -0.2) is 18.1 Å². The number of hydrogen-bond acceptors (Lipinski definition) is 6. The number of aryl methyl sites for hydroxylation is 1.